The van der Waals surface area contributed by atoms with Gasteiger partial charge in [0, 0.05) is 17.5 Å². The molecule has 0 aliphatic heterocycles. The summed E-state index contributed by atoms with van der Waals surface area (Å²) in [4.78, 5) is 3.76. The summed E-state index contributed by atoms with van der Waals surface area (Å²) >= 11 is 0. The lowest BCUT2D eigenvalue weighted by Gasteiger charge is -2.15. The lowest BCUT2D eigenvalue weighted by molar-refractivity contribution is 0.00492. The van der Waals surface area contributed by atoms with Crippen LogP contribution >= 0.6 is 0 Å². The fraction of sp³-hybridized carbons (Fsp3) is 0.375. The zero-order chi connectivity index (χ0) is 9.19. The summed E-state index contributed by atoms with van der Waals surface area (Å²) in [6.45, 7) is 0.860. The van der Waals surface area contributed by atoms with Gasteiger partial charge in [-0.3, -0.25) is 4.98 Å². The van der Waals surface area contributed by atoms with Crippen molar-refractivity contribution in [1.29, 1.82) is 0 Å². The summed E-state index contributed by atoms with van der Waals surface area (Å²) in [7, 11) is 0. The number of rotatable bonds is 2. The van der Waals surface area contributed by atoms with Crippen LogP contribution < -0.4 is 5.73 Å². The molecule has 1 heterocycles. The van der Waals surface area contributed by atoms with E-state index < -0.39 is 12.5 Å². The van der Waals surface area contributed by atoms with Crippen LogP contribution in [0.3, 0.4) is 0 Å². The van der Waals surface area contributed by atoms with Crippen molar-refractivity contribution in [3.63, 3.8) is 0 Å². The first-order valence-electron chi connectivity index (χ1n) is 3.58. The van der Waals surface area contributed by atoms with Gasteiger partial charge in [0.2, 0.25) is 0 Å². The number of aromatic nitrogens is 1. The number of hydrogen-bond donors (Lipinski definition) is 1. The standard InChI is InChI=1S/C8H10F2N2/c1-6-7(3-2-4-12-6)8(9,10)5-11/h2-4H,5,11H2,1H3. The molecule has 0 radical (unpaired) electrons. The van der Waals surface area contributed by atoms with E-state index in [1.165, 1.54) is 18.3 Å². The van der Waals surface area contributed by atoms with Crippen LogP contribution in [0.4, 0.5) is 8.78 Å². The number of nitrogens with zero attached hydrogens (tertiary/aromatic N) is 1. The molecule has 4 heteroatoms. The van der Waals surface area contributed by atoms with Crippen LogP contribution in [-0.4, -0.2) is 11.5 Å². The fourth-order valence-corrected chi connectivity index (χ4v) is 0.981. The Kier molecular flexibility index (Phi) is 2.38. The molecule has 0 amide bonds. The van der Waals surface area contributed by atoms with Gasteiger partial charge >= 0.3 is 0 Å². The van der Waals surface area contributed by atoms with Crippen molar-refractivity contribution in [1.82, 2.24) is 4.98 Å². The summed E-state index contributed by atoms with van der Waals surface area (Å²) in [6, 6.07) is 2.82. The van der Waals surface area contributed by atoms with Crippen LogP contribution in [0.5, 0.6) is 0 Å². The Morgan fingerprint density at radius 2 is 2.25 bits per heavy atom. The van der Waals surface area contributed by atoms with Gasteiger partial charge in [-0.2, -0.15) is 8.78 Å². The van der Waals surface area contributed by atoms with Crippen molar-refractivity contribution in [2.45, 2.75) is 12.8 Å². The molecule has 1 aromatic heterocycles. The molecule has 2 nitrogen and oxygen atoms in total. The largest absolute Gasteiger partial charge is 0.325 e. The van der Waals surface area contributed by atoms with Gasteiger partial charge in [0.25, 0.3) is 5.92 Å². The van der Waals surface area contributed by atoms with E-state index in [1.54, 1.807) is 6.92 Å². The van der Waals surface area contributed by atoms with Crippen molar-refractivity contribution in [2.75, 3.05) is 6.54 Å². The van der Waals surface area contributed by atoms with Gasteiger partial charge < -0.3 is 5.73 Å². The predicted molar refractivity (Wildman–Crippen MR) is 41.9 cm³/mol. The normalized spacial score (nSPS) is 11.7. The molecule has 12 heavy (non-hydrogen) atoms. The minimum absolute atomic E-state index is 0.0903. The number of pyridine rings is 1. The lowest BCUT2D eigenvalue weighted by atomic mass is 10.1. The van der Waals surface area contributed by atoms with Crippen molar-refractivity contribution in [3.05, 3.63) is 29.6 Å². The highest BCUT2D eigenvalue weighted by Gasteiger charge is 2.31. The Balaban J connectivity index is 3.10. The van der Waals surface area contributed by atoms with Crippen LogP contribution in [0.15, 0.2) is 18.3 Å². The number of aryl methyl sites for hydroxylation is 1. The molecule has 0 spiro atoms. The maximum absolute atomic E-state index is 13.0. The van der Waals surface area contributed by atoms with Crippen molar-refractivity contribution < 1.29 is 8.78 Å². The molecular formula is C8H10F2N2. The van der Waals surface area contributed by atoms with E-state index in [0.717, 1.165) is 0 Å². The molecule has 0 saturated carbocycles. The first-order chi connectivity index (χ1) is 5.58. The summed E-state index contributed by atoms with van der Waals surface area (Å²) in [5.74, 6) is -2.96. The Morgan fingerprint density at radius 1 is 1.58 bits per heavy atom. The highest BCUT2D eigenvalue weighted by Crippen LogP contribution is 2.27. The van der Waals surface area contributed by atoms with Crippen LogP contribution in [0.2, 0.25) is 0 Å². The molecule has 0 unspecified atom stereocenters. The van der Waals surface area contributed by atoms with E-state index in [-0.39, 0.29) is 5.56 Å². The summed E-state index contributed by atoms with van der Waals surface area (Å²) in [5, 5.41) is 0. The van der Waals surface area contributed by atoms with Crippen molar-refractivity contribution in [2.24, 2.45) is 5.73 Å². The average molecular weight is 172 g/mol. The van der Waals surface area contributed by atoms with Crippen LogP contribution in [0.25, 0.3) is 0 Å². The lowest BCUT2D eigenvalue weighted by Crippen LogP contribution is -2.26. The second kappa shape index (κ2) is 3.15. The van der Waals surface area contributed by atoms with Gasteiger partial charge in [-0.1, -0.05) is 0 Å². The van der Waals surface area contributed by atoms with Gasteiger partial charge in [-0.05, 0) is 19.1 Å². The number of hydrogen-bond acceptors (Lipinski definition) is 2. The maximum atomic E-state index is 13.0. The molecule has 0 fully saturated rings. The Bertz CT molecular complexity index is 274. The van der Waals surface area contributed by atoms with Gasteiger partial charge in [-0.15, -0.1) is 0 Å². The van der Waals surface area contributed by atoms with Gasteiger partial charge in [0.1, 0.15) is 0 Å². The van der Waals surface area contributed by atoms with E-state index in [0.29, 0.717) is 5.69 Å². The maximum Gasteiger partial charge on any atom is 0.286 e. The molecule has 0 aliphatic carbocycles. The monoisotopic (exact) mass is 172 g/mol. The molecular weight excluding hydrogens is 162 g/mol. The average Bonchev–Trinajstić information content (AvgIpc) is 2.05. The van der Waals surface area contributed by atoms with Crippen LogP contribution in [0, 0.1) is 6.92 Å². The molecule has 0 saturated heterocycles. The zero-order valence-electron chi connectivity index (χ0n) is 6.72. The minimum atomic E-state index is -2.96. The molecule has 1 aromatic rings. The summed E-state index contributed by atoms with van der Waals surface area (Å²) < 4.78 is 26.0. The minimum Gasteiger partial charge on any atom is -0.325 e. The van der Waals surface area contributed by atoms with Gasteiger partial charge in [0.05, 0.1) is 6.54 Å². The van der Waals surface area contributed by atoms with Crippen molar-refractivity contribution in [3.8, 4) is 0 Å². The topological polar surface area (TPSA) is 38.9 Å². The Labute approximate surface area is 69.4 Å². The number of nitrogens with two attached hydrogens (primary N) is 1. The molecule has 0 aromatic carbocycles. The van der Waals surface area contributed by atoms with E-state index >= 15 is 0 Å². The molecule has 0 aliphatic rings. The zero-order valence-corrected chi connectivity index (χ0v) is 6.72. The molecule has 0 atom stereocenters. The molecule has 2 N–H and O–H groups in total. The third kappa shape index (κ3) is 1.58. The summed E-state index contributed by atoms with van der Waals surface area (Å²) in [6.07, 6.45) is 1.48. The van der Waals surface area contributed by atoms with Crippen LogP contribution in [0.1, 0.15) is 11.3 Å². The smallest absolute Gasteiger partial charge is 0.286 e. The van der Waals surface area contributed by atoms with E-state index in [4.69, 9.17) is 5.73 Å². The SMILES string of the molecule is Cc1ncccc1C(F)(F)CN. The predicted octanol–water partition coefficient (Wildman–Crippen LogP) is 1.44. The molecule has 0 bridgehead atoms. The second-order valence-corrected chi connectivity index (χ2v) is 2.54. The third-order valence-corrected chi connectivity index (χ3v) is 1.66. The van der Waals surface area contributed by atoms with E-state index in [2.05, 4.69) is 4.98 Å². The quantitative estimate of drug-likeness (QED) is 0.733. The molecule has 66 valence electrons. The van der Waals surface area contributed by atoms with Crippen LogP contribution in [-0.2, 0) is 5.92 Å². The Morgan fingerprint density at radius 3 is 2.75 bits per heavy atom. The first-order valence-corrected chi connectivity index (χ1v) is 3.58. The highest BCUT2D eigenvalue weighted by atomic mass is 19.3. The van der Waals surface area contributed by atoms with E-state index in [1.807, 2.05) is 0 Å². The Hall–Kier alpha value is -1.03. The number of alkyl halides is 2. The third-order valence-electron chi connectivity index (χ3n) is 1.66. The summed E-state index contributed by atoms with van der Waals surface area (Å²) in [5.41, 5.74) is 5.17. The molecule has 1 rings (SSSR count). The van der Waals surface area contributed by atoms with E-state index in [9.17, 15) is 8.78 Å². The number of halogens is 2. The highest BCUT2D eigenvalue weighted by molar-refractivity contribution is 5.23. The van der Waals surface area contributed by atoms with Gasteiger partial charge in [-0.25, -0.2) is 0 Å². The van der Waals surface area contributed by atoms with Crippen molar-refractivity contribution >= 4 is 0 Å². The fourth-order valence-electron chi connectivity index (χ4n) is 0.981. The van der Waals surface area contributed by atoms with Gasteiger partial charge in [0.15, 0.2) is 0 Å². The second-order valence-electron chi connectivity index (χ2n) is 2.54. The first kappa shape index (κ1) is 9.06.